The predicted molar refractivity (Wildman–Crippen MR) is 73.5 cm³/mol. The van der Waals surface area contributed by atoms with E-state index in [0.717, 1.165) is 13.1 Å². The fraction of sp³-hybridized carbons (Fsp3) is 0.308. The summed E-state index contributed by atoms with van der Waals surface area (Å²) in [6.45, 7) is 4.02. The number of hydrogen-bond donors (Lipinski definition) is 0. The Hall–Kier alpha value is -0.900. The van der Waals surface area contributed by atoms with Gasteiger partial charge in [-0.25, -0.2) is 4.98 Å². The topological polar surface area (TPSA) is 16.1 Å². The lowest BCUT2D eigenvalue weighted by Crippen LogP contribution is -2.17. The first-order chi connectivity index (χ1) is 8.15. The molecular weight excluding hydrogens is 252 g/mol. The molecule has 0 fully saturated rings. The number of thiophene rings is 1. The Morgan fingerprint density at radius 2 is 2.18 bits per heavy atom. The Morgan fingerprint density at radius 3 is 2.82 bits per heavy atom. The molecule has 0 N–H and O–H groups in total. The first kappa shape index (κ1) is 12.6. The van der Waals surface area contributed by atoms with Crippen LogP contribution in [0, 0.1) is 6.92 Å². The van der Waals surface area contributed by atoms with Gasteiger partial charge in [0.1, 0.15) is 5.15 Å². The van der Waals surface area contributed by atoms with Crippen LogP contribution in [0.3, 0.4) is 0 Å². The second-order valence-corrected chi connectivity index (χ2v) is 5.57. The van der Waals surface area contributed by atoms with E-state index in [4.69, 9.17) is 11.6 Å². The summed E-state index contributed by atoms with van der Waals surface area (Å²) in [6, 6.07) is 6.08. The van der Waals surface area contributed by atoms with E-state index in [9.17, 15) is 0 Å². The van der Waals surface area contributed by atoms with E-state index in [1.807, 2.05) is 23.5 Å². The highest BCUT2D eigenvalue weighted by atomic mass is 35.5. The molecule has 0 aromatic carbocycles. The van der Waals surface area contributed by atoms with Crippen LogP contribution in [-0.2, 0) is 13.1 Å². The van der Waals surface area contributed by atoms with E-state index in [2.05, 4.69) is 35.3 Å². The summed E-state index contributed by atoms with van der Waals surface area (Å²) in [6.07, 6.45) is 1.75. The van der Waals surface area contributed by atoms with Gasteiger partial charge in [0.15, 0.2) is 0 Å². The SMILES string of the molecule is Cc1ccsc1CN(C)Cc1ccnc(Cl)c1. The smallest absolute Gasteiger partial charge is 0.129 e. The largest absolute Gasteiger partial charge is 0.297 e. The van der Waals surface area contributed by atoms with Gasteiger partial charge in [-0.05, 0) is 48.7 Å². The second-order valence-electron chi connectivity index (χ2n) is 4.19. The Kier molecular flexibility index (Phi) is 4.15. The summed E-state index contributed by atoms with van der Waals surface area (Å²) in [4.78, 5) is 7.69. The van der Waals surface area contributed by atoms with Crippen molar-refractivity contribution in [1.82, 2.24) is 9.88 Å². The van der Waals surface area contributed by atoms with Gasteiger partial charge in [-0.2, -0.15) is 0 Å². The molecule has 0 aliphatic rings. The number of nitrogens with zero attached hydrogens (tertiary/aromatic N) is 2. The first-order valence-corrected chi connectivity index (χ1v) is 6.73. The normalized spacial score (nSPS) is 11.1. The van der Waals surface area contributed by atoms with Gasteiger partial charge in [-0.3, -0.25) is 4.90 Å². The molecule has 0 amide bonds. The molecule has 90 valence electrons. The van der Waals surface area contributed by atoms with Crippen molar-refractivity contribution in [3.63, 3.8) is 0 Å². The van der Waals surface area contributed by atoms with Gasteiger partial charge in [0, 0.05) is 24.2 Å². The molecule has 17 heavy (non-hydrogen) atoms. The Bertz CT molecular complexity index is 496. The van der Waals surface area contributed by atoms with Crippen LogP contribution in [0.1, 0.15) is 16.0 Å². The standard InChI is InChI=1S/C13H15ClN2S/c1-10-4-6-17-12(10)9-16(2)8-11-3-5-15-13(14)7-11/h3-7H,8-9H2,1-2H3. The van der Waals surface area contributed by atoms with Crippen molar-refractivity contribution in [1.29, 1.82) is 0 Å². The minimum atomic E-state index is 0.559. The summed E-state index contributed by atoms with van der Waals surface area (Å²) < 4.78 is 0. The second kappa shape index (κ2) is 5.63. The minimum Gasteiger partial charge on any atom is -0.297 e. The molecule has 0 bridgehead atoms. The molecule has 0 unspecified atom stereocenters. The van der Waals surface area contributed by atoms with Gasteiger partial charge >= 0.3 is 0 Å². The highest BCUT2D eigenvalue weighted by molar-refractivity contribution is 7.10. The fourth-order valence-electron chi connectivity index (χ4n) is 1.72. The Balaban J connectivity index is 1.98. The van der Waals surface area contributed by atoms with Gasteiger partial charge in [-0.1, -0.05) is 11.6 Å². The lowest BCUT2D eigenvalue weighted by Gasteiger charge is -2.16. The lowest BCUT2D eigenvalue weighted by molar-refractivity contribution is 0.321. The van der Waals surface area contributed by atoms with Crippen molar-refractivity contribution < 1.29 is 0 Å². The third-order valence-electron chi connectivity index (χ3n) is 2.63. The van der Waals surface area contributed by atoms with Crippen LogP contribution in [0.4, 0.5) is 0 Å². The average molecular weight is 267 g/mol. The molecule has 0 saturated heterocycles. The predicted octanol–water partition coefficient (Wildman–Crippen LogP) is 3.74. The van der Waals surface area contributed by atoms with Crippen LogP contribution in [0.15, 0.2) is 29.8 Å². The molecule has 2 aromatic heterocycles. The lowest BCUT2D eigenvalue weighted by atomic mass is 10.2. The molecule has 0 spiro atoms. The summed E-state index contributed by atoms with van der Waals surface area (Å²) in [5.41, 5.74) is 2.57. The highest BCUT2D eigenvalue weighted by Crippen LogP contribution is 2.18. The molecule has 0 atom stereocenters. The van der Waals surface area contributed by atoms with E-state index in [-0.39, 0.29) is 0 Å². The van der Waals surface area contributed by atoms with Gasteiger partial charge in [0.05, 0.1) is 0 Å². The van der Waals surface area contributed by atoms with Crippen LogP contribution < -0.4 is 0 Å². The molecular formula is C13H15ClN2S. The van der Waals surface area contributed by atoms with Gasteiger partial charge in [0.25, 0.3) is 0 Å². The maximum Gasteiger partial charge on any atom is 0.129 e. The van der Waals surface area contributed by atoms with Gasteiger partial charge in [0.2, 0.25) is 0 Å². The van der Waals surface area contributed by atoms with E-state index < -0.39 is 0 Å². The monoisotopic (exact) mass is 266 g/mol. The van der Waals surface area contributed by atoms with Crippen molar-refractivity contribution in [2.45, 2.75) is 20.0 Å². The zero-order valence-corrected chi connectivity index (χ0v) is 11.6. The third kappa shape index (κ3) is 3.53. The number of aryl methyl sites for hydroxylation is 1. The Morgan fingerprint density at radius 1 is 1.35 bits per heavy atom. The number of hydrogen-bond acceptors (Lipinski definition) is 3. The maximum absolute atomic E-state index is 5.87. The van der Waals surface area contributed by atoms with Crippen LogP contribution in [0.25, 0.3) is 0 Å². The molecule has 2 rings (SSSR count). The van der Waals surface area contributed by atoms with Crippen molar-refractivity contribution in [2.24, 2.45) is 0 Å². The zero-order valence-electron chi connectivity index (χ0n) is 9.98. The minimum absolute atomic E-state index is 0.559. The molecule has 2 nitrogen and oxygen atoms in total. The third-order valence-corrected chi connectivity index (χ3v) is 3.84. The van der Waals surface area contributed by atoms with E-state index in [1.54, 1.807) is 6.20 Å². The van der Waals surface area contributed by atoms with Crippen molar-refractivity contribution in [2.75, 3.05) is 7.05 Å². The van der Waals surface area contributed by atoms with E-state index in [0.29, 0.717) is 5.15 Å². The summed E-state index contributed by atoms with van der Waals surface area (Å²) in [5.74, 6) is 0. The summed E-state index contributed by atoms with van der Waals surface area (Å²) in [5, 5.41) is 2.70. The number of aromatic nitrogens is 1. The van der Waals surface area contributed by atoms with Crippen molar-refractivity contribution in [3.05, 3.63) is 50.9 Å². The fourth-order valence-corrected chi connectivity index (χ4v) is 2.90. The van der Waals surface area contributed by atoms with Crippen LogP contribution in [0.2, 0.25) is 5.15 Å². The highest BCUT2D eigenvalue weighted by Gasteiger charge is 2.05. The van der Waals surface area contributed by atoms with E-state index >= 15 is 0 Å². The van der Waals surface area contributed by atoms with Crippen molar-refractivity contribution >= 4 is 22.9 Å². The molecule has 0 aliphatic carbocycles. The molecule has 0 aliphatic heterocycles. The Labute approximate surface area is 111 Å². The zero-order chi connectivity index (χ0) is 12.3. The number of rotatable bonds is 4. The van der Waals surface area contributed by atoms with Crippen LogP contribution >= 0.6 is 22.9 Å². The molecule has 2 aromatic rings. The molecule has 0 saturated carbocycles. The summed E-state index contributed by atoms with van der Waals surface area (Å²) >= 11 is 7.68. The quantitative estimate of drug-likeness (QED) is 0.784. The van der Waals surface area contributed by atoms with Crippen molar-refractivity contribution in [3.8, 4) is 0 Å². The van der Waals surface area contributed by atoms with Gasteiger partial charge in [-0.15, -0.1) is 11.3 Å². The van der Waals surface area contributed by atoms with Crippen LogP contribution in [-0.4, -0.2) is 16.9 Å². The molecule has 4 heteroatoms. The summed E-state index contributed by atoms with van der Waals surface area (Å²) in [7, 11) is 2.12. The first-order valence-electron chi connectivity index (χ1n) is 5.47. The molecule has 2 heterocycles. The van der Waals surface area contributed by atoms with Gasteiger partial charge < -0.3 is 0 Å². The number of halogens is 1. The average Bonchev–Trinajstić information content (AvgIpc) is 2.64. The van der Waals surface area contributed by atoms with E-state index in [1.165, 1.54) is 16.0 Å². The maximum atomic E-state index is 5.87. The number of pyridine rings is 1. The van der Waals surface area contributed by atoms with Crippen LogP contribution in [0.5, 0.6) is 0 Å². The molecule has 0 radical (unpaired) electrons.